The van der Waals surface area contributed by atoms with Crippen molar-refractivity contribution in [1.29, 1.82) is 0 Å². The van der Waals surface area contributed by atoms with Gasteiger partial charge in [0.1, 0.15) is 0 Å². The standard InChI is InChI=1S/C12H25N3O3/c1-17-9-10-18-8-2-5-14-11-3-6-15(7-4-11)12(13)16/h11,14H,2-10H2,1H3,(H2,13,16). The van der Waals surface area contributed by atoms with Crippen LogP contribution in [0.2, 0.25) is 0 Å². The van der Waals surface area contributed by atoms with Crippen LogP contribution in [0.4, 0.5) is 4.79 Å². The van der Waals surface area contributed by atoms with Gasteiger partial charge in [-0.2, -0.15) is 0 Å². The Labute approximate surface area is 109 Å². The summed E-state index contributed by atoms with van der Waals surface area (Å²) in [5.41, 5.74) is 5.23. The van der Waals surface area contributed by atoms with Crippen LogP contribution in [0.15, 0.2) is 0 Å². The van der Waals surface area contributed by atoms with Crippen LogP contribution in [0, 0.1) is 0 Å². The molecule has 0 radical (unpaired) electrons. The molecule has 18 heavy (non-hydrogen) atoms. The molecule has 6 heteroatoms. The molecule has 106 valence electrons. The Kier molecular flexibility index (Phi) is 7.71. The van der Waals surface area contributed by atoms with Crippen LogP contribution in [0.3, 0.4) is 0 Å². The lowest BCUT2D eigenvalue weighted by Gasteiger charge is -2.31. The predicted molar refractivity (Wildman–Crippen MR) is 69.5 cm³/mol. The summed E-state index contributed by atoms with van der Waals surface area (Å²) in [7, 11) is 1.67. The number of likely N-dealkylation sites (tertiary alicyclic amines) is 1. The summed E-state index contributed by atoms with van der Waals surface area (Å²) in [5.74, 6) is 0. The Morgan fingerprint density at radius 2 is 2.06 bits per heavy atom. The third-order valence-electron chi connectivity index (χ3n) is 3.14. The molecule has 1 heterocycles. The molecule has 1 saturated heterocycles. The Balaban J connectivity index is 1.93. The predicted octanol–water partition coefficient (Wildman–Crippen LogP) is 0.172. The molecule has 1 aliphatic heterocycles. The van der Waals surface area contributed by atoms with Crippen molar-refractivity contribution < 1.29 is 14.3 Å². The van der Waals surface area contributed by atoms with Gasteiger partial charge >= 0.3 is 6.03 Å². The van der Waals surface area contributed by atoms with E-state index in [0.29, 0.717) is 19.3 Å². The minimum absolute atomic E-state index is 0.306. The third-order valence-corrected chi connectivity index (χ3v) is 3.14. The van der Waals surface area contributed by atoms with Crippen LogP contribution in [0.1, 0.15) is 19.3 Å². The van der Waals surface area contributed by atoms with Crippen LogP contribution in [0.25, 0.3) is 0 Å². The average Bonchev–Trinajstić information content (AvgIpc) is 2.38. The van der Waals surface area contributed by atoms with Crippen LogP contribution < -0.4 is 11.1 Å². The highest BCUT2D eigenvalue weighted by atomic mass is 16.5. The van der Waals surface area contributed by atoms with Crippen LogP contribution in [-0.4, -0.2) is 63.5 Å². The van der Waals surface area contributed by atoms with E-state index in [0.717, 1.165) is 45.5 Å². The van der Waals surface area contributed by atoms with Crippen molar-refractivity contribution in [1.82, 2.24) is 10.2 Å². The number of ether oxygens (including phenoxy) is 2. The Morgan fingerprint density at radius 1 is 1.33 bits per heavy atom. The van der Waals surface area contributed by atoms with Gasteiger partial charge in [0.05, 0.1) is 13.2 Å². The molecule has 0 unspecified atom stereocenters. The van der Waals surface area contributed by atoms with Crippen molar-refractivity contribution in [3.05, 3.63) is 0 Å². The van der Waals surface area contributed by atoms with Crippen molar-refractivity contribution in [3.8, 4) is 0 Å². The smallest absolute Gasteiger partial charge is 0.314 e. The van der Waals surface area contributed by atoms with Crippen LogP contribution >= 0.6 is 0 Å². The lowest BCUT2D eigenvalue weighted by atomic mass is 10.1. The summed E-state index contributed by atoms with van der Waals surface area (Å²) >= 11 is 0. The van der Waals surface area contributed by atoms with Crippen molar-refractivity contribution in [2.45, 2.75) is 25.3 Å². The first-order chi connectivity index (χ1) is 8.74. The van der Waals surface area contributed by atoms with E-state index < -0.39 is 0 Å². The zero-order chi connectivity index (χ0) is 13.2. The number of urea groups is 1. The fourth-order valence-corrected chi connectivity index (χ4v) is 2.03. The molecule has 0 bridgehead atoms. The van der Waals surface area contributed by atoms with Crippen LogP contribution in [-0.2, 0) is 9.47 Å². The van der Waals surface area contributed by atoms with E-state index >= 15 is 0 Å². The summed E-state index contributed by atoms with van der Waals surface area (Å²) < 4.78 is 10.3. The number of nitrogens with zero attached hydrogens (tertiary/aromatic N) is 1. The van der Waals surface area contributed by atoms with Gasteiger partial charge in [-0.25, -0.2) is 4.79 Å². The largest absolute Gasteiger partial charge is 0.382 e. The number of amides is 2. The first kappa shape index (κ1) is 15.2. The maximum absolute atomic E-state index is 10.9. The quantitative estimate of drug-likeness (QED) is 0.609. The molecule has 0 spiro atoms. The van der Waals surface area contributed by atoms with E-state index in [9.17, 15) is 4.79 Å². The number of hydrogen-bond donors (Lipinski definition) is 2. The molecule has 0 aromatic carbocycles. The van der Waals surface area contributed by atoms with Gasteiger partial charge in [-0.15, -0.1) is 0 Å². The average molecular weight is 259 g/mol. The Hall–Kier alpha value is -0.850. The molecular weight excluding hydrogens is 234 g/mol. The van der Waals surface area contributed by atoms with Crippen molar-refractivity contribution in [2.24, 2.45) is 5.73 Å². The molecule has 1 aliphatic rings. The summed E-state index contributed by atoms with van der Waals surface area (Å²) in [6.07, 6.45) is 2.96. The van der Waals surface area contributed by atoms with Crippen molar-refractivity contribution >= 4 is 6.03 Å². The highest BCUT2D eigenvalue weighted by Gasteiger charge is 2.20. The SMILES string of the molecule is COCCOCCCNC1CCN(C(N)=O)CC1. The maximum atomic E-state index is 10.9. The third kappa shape index (κ3) is 6.18. The molecular formula is C12H25N3O3. The van der Waals surface area contributed by atoms with Gasteiger partial charge in [-0.1, -0.05) is 0 Å². The molecule has 0 aromatic heterocycles. The first-order valence-corrected chi connectivity index (χ1v) is 6.58. The molecule has 3 N–H and O–H groups in total. The number of rotatable bonds is 8. The summed E-state index contributed by atoms with van der Waals surface area (Å²) in [6, 6.07) is 0.194. The normalized spacial score (nSPS) is 17.1. The highest BCUT2D eigenvalue weighted by Crippen LogP contribution is 2.09. The minimum atomic E-state index is -0.306. The second-order valence-electron chi connectivity index (χ2n) is 4.51. The molecule has 0 aromatic rings. The molecule has 0 aliphatic carbocycles. The number of primary amides is 1. The van der Waals surface area contributed by atoms with E-state index in [1.807, 2.05) is 0 Å². The molecule has 6 nitrogen and oxygen atoms in total. The van der Waals surface area contributed by atoms with Gasteiger partial charge in [0, 0.05) is 32.8 Å². The number of methoxy groups -OCH3 is 1. The topological polar surface area (TPSA) is 76.8 Å². The first-order valence-electron chi connectivity index (χ1n) is 6.58. The van der Waals surface area contributed by atoms with Gasteiger partial charge in [0.15, 0.2) is 0 Å². The number of nitrogens with one attached hydrogen (secondary N) is 1. The maximum Gasteiger partial charge on any atom is 0.314 e. The summed E-state index contributed by atoms with van der Waals surface area (Å²) in [4.78, 5) is 12.6. The monoisotopic (exact) mass is 259 g/mol. The van der Waals surface area contributed by atoms with Gasteiger partial charge in [0.25, 0.3) is 0 Å². The summed E-state index contributed by atoms with van der Waals surface area (Å²) in [5, 5.41) is 3.48. The van der Waals surface area contributed by atoms with E-state index in [1.54, 1.807) is 12.0 Å². The molecule has 0 saturated carbocycles. The zero-order valence-electron chi connectivity index (χ0n) is 11.2. The van der Waals surface area contributed by atoms with E-state index in [-0.39, 0.29) is 6.03 Å². The van der Waals surface area contributed by atoms with Gasteiger partial charge in [0.2, 0.25) is 0 Å². The number of carbonyl (C=O) groups excluding carboxylic acids is 1. The molecule has 0 atom stereocenters. The van der Waals surface area contributed by atoms with E-state index in [4.69, 9.17) is 15.2 Å². The fraction of sp³-hybridized carbons (Fsp3) is 0.917. The van der Waals surface area contributed by atoms with E-state index in [1.165, 1.54) is 0 Å². The fourth-order valence-electron chi connectivity index (χ4n) is 2.03. The van der Waals surface area contributed by atoms with E-state index in [2.05, 4.69) is 5.32 Å². The number of hydrogen-bond acceptors (Lipinski definition) is 4. The molecule has 1 fully saturated rings. The zero-order valence-corrected chi connectivity index (χ0v) is 11.2. The Bertz CT molecular complexity index is 231. The number of carbonyl (C=O) groups is 1. The van der Waals surface area contributed by atoms with Gasteiger partial charge in [-0.05, 0) is 25.8 Å². The number of piperidine rings is 1. The second-order valence-corrected chi connectivity index (χ2v) is 4.51. The minimum Gasteiger partial charge on any atom is -0.382 e. The van der Waals surface area contributed by atoms with Crippen molar-refractivity contribution in [3.63, 3.8) is 0 Å². The van der Waals surface area contributed by atoms with Gasteiger partial charge in [-0.3, -0.25) is 0 Å². The lowest BCUT2D eigenvalue weighted by molar-refractivity contribution is 0.0690. The lowest BCUT2D eigenvalue weighted by Crippen LogP contribution is -2.47. The Morgan fingerprint density at radius 3 is 2.67 bits per heavy atom. The van der Waals surface area contributed by atoms with Crippen LogP contribution in [0.5, 0.6) is 0 Å². The molecule has 1 rings (SSSR count). The van der Waals surface area contributed by atoms with Crippen molar-refractivity contribution in [2.75, 3.05) is 46.6 Å². The second kappa shape index (κ2) is 9.13. The number of nitrogens with two attached hydrogens (primary N) is 1. The highest BCUT2D eigenvalue weighted by molar-refractivity contribution is 5.72. The molecule has 2 amide bonds. The summed E-state index contributed by atoms with van der Waals surface area (Å²) in [6.45, 7) is 4.55. The van der Waals surface area contributed by atoms with Gasteiger partial charge < -0.3 is 25.4 Å².